The molecule has 3 aromatic carbocycles. The second-order valence-corrected chi connectivity index (χ2v) is 8.68. The van der Waals surface area contributed by atoms with E-state index < -0.39 is 0 Å². The fourth-order valence-electron chi connectivity index (χ4n) is 5.01. The molecule has 0 radical (unpaired) electrons. The lowest BCUT2D eigenvalue weighted by molar-refractivity contribution is -0.134. The third-order valence-electron chi connectivity index (χ3n) is 6.55. The molecule has 0 saturated heterocycles. The SMILES string of the molecule is Cc1ccc(C2c3cccn3CCN2C(=O)C(c2ccccc2)c2ccccc2)c(C)c1. The Morgan fingerprint density at radius 2 is 1.47 bits per heavy atom. The number of amides is 1. The van der Waals surface area contributed by atoms with Crippen molar-refractivity contribution in [2.45, 2.75) is 32.4 Å². The summed E-state index contributed by atoms with van der Waals surface area (Å²) >= 11 is 0. The van der Waals surface area contributed by atoms with Crippen LogP contribution in [0.1, 0.15) is 45.5 Å². The van der Waals surface area contributed by atoms with E-state index in [2.05, 4.69) is 84.1 Å². The van der Waals surface area contributed by atoms with Crippen molar-refractivity contribution in [3.8, 4) is 0 Å². The van der Waals surface area contributed by atoms with Crippen LogP contribution in [0.3, 0.4) is 0 Å². The summed E-state index contributed by atoms with van der Waals surface area (Å²) in [5.74, 6) is -0.174. The van der Waals surface area contributed by atoms with Crippen LogP contribution in [0.15, 0.2) is 97.2 Å². The van der Waals surface area contributed by atoms with E-state index >= 15 is 0 Å². The molecule has 1 unspecified atom stereocenters. The first-order valence-electron chi connectivity index (χ1n) is 11.3. The second kappa shape index (κ2) is 8.51. The first kappa shape index (κ1) is 20.3. The third kappa shape index (κ3) is 3.64. The molecule has 1 atom stereocenters. The quantitative estimate of drug-likeness (QED) is 0.405. The second-order valence-electron chi connectivity index (χ2n) is 8.68. The Morgan fingerprint density at radius 1 is 0.812 bits per heavy atom. The summed E-state index contributed by atoms with van der Waals surface area (Å²) in [4.78, 5) is 16.4. The molecule has 0 fully saturated rings. The number of fused-ring (bicyclic) bond motifs is 1. The molecule has 160 valence electrons. The zero-order valence-electron chi connectivity index (χ0n) is 18.6. The van der Waals surface area contributed by atoms with E-state index in [9.17, 15) is 4.79 Å². The number of hydrogen-bond acceptors (Lipinski definition) is 1. The lowest BCUT2D eigenvalue weighted by atomic mass is 9.87. The molecule has 0 N–H and O–H groups in total. The molecule has 32 heavy (non-hydrogen) atoms. The number of carbonyl (C=O) groups excluding carboxylic acids is 1. The van der Waals surface area contributed by atoms with Gasteiger partial charge < -0.3 is 9.47 Å². The van der Waals surface area contributed by atoms with Gasteiger partial charge in [0.25, 0.3) is 0 Å². The van der Waals surface area contributed by atoms with Crippen LogP contribution < -0.4 is 0 Å². The van der Waals surface area contributed by atoms with E-state index in [1.165, 1.54) is 22.4 Å². The van der Waals surface area contributed by atoms with Crippen molar-refractivity contribution in [2.24, 2.45) is 0 Å². The van der Waals surface area contributed by atoms with Gasteiger partial charge in [-0.3, -0.25) is 4.79 Å². The molecule has 0 aliphatic carbocycles. The third-order valence-corrected chi connectivity index (χ3v) is 6.55. The molecule has 3 nitrogen and oxygen atoms in total. The summed E-state index contributed by atoms with van der Waals surface area (Å²) in [7, 11) is 0. The highest BCUT2D eigenvalue weighted by Crippen LogP contribution is 2.38. The Bertz CT molecular complexity index is 1190. The predicted molar refractivity (Wildman–Crippen MR) is 129 cm³/mol. The van der Waals surface area contributed by atoms with Crippen LogP contribution in [0.5, 0.6) is 0 Å². The summed E-state index contributed by atoms with van der Waals surface area (Å²) < 4.78 is 2.29. The van der Waals surface area contributed by atoms with Gasteiger partial charge in [-0.05, 0) is 48.2 Å². The smallest absolute Gasteiger partial charge is 0.235 e. The van der Waals surface area contributed by atoms with Gasteiger partial charge in [0.1, 0.15) is 0 Å². The number of aryl methyl sites for hydroxylation is 2. The van der Waals surface area contributed by atoms with Crippen LogP contribution in [0.4, 0.5) is 0 Å². The normalized spacial score (nSPS) is 15.6. The number of hydrogen-bond donors (Lipinski definition) is 0. The fourth-order valence-corrected chi connectivity index (χ4v) is 5.01. The summed E-state index contributed by atoms with van der Waals surface area (Å²) in [5.41, 5.74) is 6.90. The van der Waals surface area contributed by atoms with Crippen LogP contribution in [0.25, 0.3) is 0 Å². The summed E-state index contributed by atoms with van der Waals surface area (Å²) in [6, 6.07) is 31.0. The molecule has 1 amide bonds. The highest BCUT2D eigenvalue weighted by Gasteiger charge is 2.37. The Labute approximate surface area is 189 Å². The standard InChI is InChI=1S/C29H28N2O/c1-21-15-16-25(22(2)20-21)28-26-14-9-17-30(26)18-19-31(28)29(32)27(23-10-5-3-6-11-23)24-12-7-4-8-13-24/h3-17,20,27-28H,18-19H2,1-2H3. The maximum Gasteiger partial charge on any atom is 0.235 e. The number of aromatic nitrogens is 1. The van der Waals surface area contributed by atoms with Crippen molar-refractivity contribution >= 4 is 5.91 Å². The average molecular weight is 421 g/mol. The molecule has 3 heteroatoms. The lowest BCUT2D eigenvalue weighted by Crippen LogP contribution is -2.45. The molecule has 0 spiro atoms. The van der Waals surface area contributed by atoms with Crippen LogP contribution in [0.2, 0.25) is 0 Å². The van der Waals surface area contributed by atoms with Crippen molar-refractivity contribution < 1.29 is 4.79 Å². The molecule has 4 aromatic rings. The zero-order chi connectivity index (χ0) is 22.1. The van der Waals surface area contributed by atoms with E-state index in [4.69, 9.17) is 0 Å². The van der Waals surface area contributed by atoms with E-state index in [0.717, 1.165) is 17.7 Å². The van der Waals surface area contributed by atoms with Gasteiger partial charge in [-0.1, -0.05) is 84.4 Å². The first-order valence-corrected chi connectivity index (χ1v) is 11.3. The van der Waals surface area contributed by atoms with E-state index in [-0.39, 0.29) is 17.9 Å². The maximum atomic E-state index is 14.3. The van der Waals surface area contributed by atoms with Gasteiger partial charge in [0.2, 0.25) is 5.91 Å². The Kier molecular flexibility index (Phi) is 5.40. The fraction of sp³-hybridized carbons (Fsp3) is 0.207. The number of carbonyl (C=O) groups is 1. The van der Waals surface area contributed by atoms with Crippen molar-refractivity contribution in [3.63, 3.8) is 0 Å². The topological polar surface area (TPSA) is 25.2 Å². The molecule has 1 aliphatic heterocycles. The molecule has 0 saturated carbocycles. The Morgan fingerprint density at radius 3 is 2.09 bits per heavy atom. The molecule has 2 heterocycles. The van der Waals surface area contributed by atoms with Crippen molar-refractivity contribution in [3.05, 3.63) is 131 Å². The van der Waals surface area contributed by atoms with Crippen LogP contribution in [-0.4, -0.2) is 21.9 Å². The Hall–Kier alpha value is -3.59. The number of nitrogens with zero attached hydrogens (tertiary/aromatic N) is 2. The van der Waals surface area contributed by atoms with Gasteiger partial charge in [-0.2, -0.15) is 0 Å². The van der Waals surface area contributed by atoms with Gasteiger partial charge in [0.05, 0.1) is 12.0 Å². The van der Waals surface area contributed by atoms with Crippen LogP contribution in [-0.2, 0) is 11.3 Å². The predicted octanol–water partition coefficient (Wildman–Crippen LogP) is 5.87. The molecular weight excluding hydrogens is 392 g/mol. The van der Waals surface area contributed by atoms with E-state index in [0.29, 0.717) is 6.54 Å². The molecule has 0 bridgehead atoms. The monoisotopic (exact) mass is 420 g/mol. The minimum Gasteiger partial charge on any atom is -0.348 e. The van der Waals surface area contributed by atoms with E-state index in [1.807, 2.05) is 36.4 Å². The number of benzene rings is 3. The first-order chi connectivity index (χ1) is 15.6. The molecule has 5 rings (SSSR count). The van der Waals surface area contributed by atoms with Gasteiger partial charge >= 0.3 is 0 Å². The van der Waals surface area contributed by atoms with Gasteiger partial charge in [-0.15, -0.1) is 0 Å². The minimum atomic E-state index is -0.327. The minimum absolute atomic E-state index is 0.0956. The maximum absolute atomic E-state index is 14.3. The van der Waals surface area contributed by atoms with Gasteiger partial charge in [0, 0.05) is 25.0 Å². The highest BCUT2D eigenvalue weighted by atomic mass is 16.2. The van der Waals surface area contributed by atoms with Crippen molar-refractivity contribution in [2.75, 3.05) is 6.54 Å². The molecular formula is C29H28N2O. The lowest BCUT2D eigenvalue weighted by Gasteiger charge is -2.40. The number of rotatable bonds is 4. The summed E-state index contributed by atoms with van der Waals surface area (Å²) in [6.45, 7) is 5.77. The van der Waals surface area contributed by atoms with E-state index in [1.54, 1.807) is 0 Å². The van der Waals surface area contributed by atoms with Crippen molar-refractivity contribution in [1.29, 1.82) is 0 Å². The molecule has 1 aliphatic rings. The van der Waals surface area contributed by atoms with Crippen molar-refractivity contribution in [1.82, 2.24) is 9.47 Å². The average Bonchev–Trinajstić information content (AvgIpc) is 3.29. The molecule has 1 aromatic heterocycles. The highest BCUT2D eigenvalue weighted by molar-refractivity contribution is 5.88. The van der Waals surface area contributed by atoms with Crippen LogP contribution in [0, 0.1) is 13.8 Å². The Balaban J connectivity index is 1.63. The summed E-state index contributed by atoms with van der Waals surface area (Å²) in [5, 5.41) is 0. The zero-order valence-corrected chi connectivity index (χ0v) is 18.6. The van der Waals surface area contributed by atoms with Gasteiger partial charge in [0.15, 0.2) is 0 Å². The van der Waals surface area contributed by atoms with Crippen LogP contribution >= 0.6 is 0 Å². The van der Waals surface area contributed by atoms with Gasteiger partial charge in [-0.25, -0.2) is 0 Å². The largest absolute Gasteiger partial charge is 0.348 e. The summed E-state index contributed by atoms with van der Waals surface area (Å²) in [6.07, 6.45) is 2.12.